The Hall–Kier alpha value is -1.72. The standard InChI is InChI=1S/C14H11NS/c15-10-14(16)13-8-6-12(7-9-13)11-4-2-1-3-5-11/h1-9,14,16H. The predicted molar refractivity (Wildman–Crippen MR) is 69.2 cm³/mol. The molecule has 0 bridgehead atoms. The van der Waals surface area contributed by atoms with Gasteiger partial charge in [-0.15, -0.1) is 0 Å². The highest BCUT2D eigenvalue weighted by molar-refractivity contribution is 7.80. The van der Waals surface area contributed by atoms with E-state index in [2.05, 4.69) is 30.8 Å². The van der Waals surface area contributed by atoms with Crippen molar-refractivity contribution >= 4 is 12.6 Å². The molecule has 1 nitrogen and oxygen atoms in total. The van der Waals surface area contributed by atoms with Crippen molar-refractivity contribution in [3.8, 4) is 17.2 Å². The highest BCUT2D eigenvalue weighted by atomic mass is 32.1. The van der Waals surface area contributed by atoms with Crippen LogP contribution in [0.15, 0.2) is 54.6 Å². The van der Waals surface area contributed by atoms with Crippen LogP contribution in [0.1, 0.15) is 10.8 Å². The first-order valence-corrected chi connectivity index (χ1v) is 5.56. The number of benzene rings is 2. The summed E-state index contributed by atoms with van der Waals surface area (Å²) in [4.78, 5) is 0. The second-order valence-corrected chi connectivity index (χ2v) is 4.04. The molecular weight excluding hydrogens is 214 g/mol. The van der Waals surface area contributed by atoms with Gasteiger partial charge in [0.1, 0.15) is 5.25 Å². The Kier molecular flexibility index (Phi) is 3.28. The van der Waals surface area contributed by atoms with Crippen LogP contribution in [0, 0.1) is 11.3 Å². The van der Waals surface area contributed by atoms with Crippen LogP contribution < -0.4 is 0 Å². The summed E-state index contributed by atoms with van der Waals surface area (Å²) in [7, 11) is 0. The quantitative estimate of drug-likeness (QED) is 0.771. The van der Waals surface area contributed by atoms with Gasteiger partial charge in [0.15, 0.2) is 0 Å². The molecule has 0 aliphatic rings. The smallest absolute Gasteiger partial charge is 0.114 e. The van der Waals surface area contributed by atoms with Crippen LogP contribution >= 0.6 is 12.6 Å². The van der Waals surface area contributed by atoms with Gasteiger partial charge in [0, 0.05) is 0 Å². The van der Waals surface area contributed by atoms with Gasteiger partial charge < -0.3 is 0 Å². The van der Waals surface area contributed by atoms with E-state index in [-0.39, 0.29) is 5.25 Å². The molecule has 78 valence electrons. The van der Waals surface area contributed by atoms with Crippen LogP contribution in [0.4, 0.5) is 0 Å². The Bertz CT molecular complexity index is 497. The SMILES string of the molecule is N#CC(S)c1ccc(-c2ccccc2)cc1. The minimum atomic E-state index is -0.343. The van der Waals surface area contributed by atoms with E-state index < -0.39 is 0 Å². The molecule has 2 aromatic rings. The van der Waals surface area contributed by atoms with E-state index in [1.807, 2.05) is 42.5 Å². The van der Waals surface area contributed by atoms with Gasteiger partial charge in [-0.25, -0.2) is 0 Å². The molecule has 0 aromatic heterocycles. The maximum atomic E-state index is 8.75. The van der Waals surface area contributed by atoms with Crippen molar-refractivity contribution in [2.45, 2.75) is 5.25 Å². The summed E-state index contributed by atoms with van der Waals surface area (Å²) in [6.45, 7) is 0. The van der Waals surface area contributed by atoms with Gasteiger partial charge in [0.2, 0.25) is 0 Å². The van der Waals surface area contributed by atoms with E-state index in [1.165, 1.54) is 5.56 Å². The molecule has 0 N–H and O–H groups in total. The topological polar surface area (TPSA) is 23.8 Å². The number of hydrogen-bond donors (Lipinski definition) is 1. The lowest BCUT2D eigenvalue weighted by Crippen LogP contribution is -1.86. The normalized spacial score (nSPS) is 11.8. The molecule has 2 heteroatoms. The van der Waals surface area contributed by atoms with Crippen molar-refractivity contribution in [3.05, 3.63) is 60.2 Å². The Labute approximate surface area is 101 Å². The Balaban J connectivity index is 2.31. The van der Waals surface area contributed by atoms with Crippen molar-refractivity contribution in [1.29, 1.82) is 5.26 Å². The van der Waals surface area contributed by atoms with Crippen LogP contribution in [0.25, 0.3) is 11.1 Å². The van der Waals surface area contributed by atoms with Crippen LogP contribution in [0.2, 0.25) is 0 Å². The first-order valence-electron chi connectivity index (χ1n) is 5.04. The summed E-state index contributed by atoms with van der Waals surface area (Å²) in [6, 6.07) is 20.2. The molecule has 0 saturated carbocycles. The molecule has 16 heavy (non-hydrogen) atoms. The van der Waals surface area contributed by atoms with Crippen LogP contribution in [-0.4, -0.2) is 0 Å². The average Bonchev–Trinajstić information content (AvgIpc) is 2.39. The lowest BCUT2D eigenvalue weighted by Gasteiger charge is -2.04. The first kappa shape index (κ1) is 10.8. The number of thiol groups is 1. The number of nitriles is 1. The van der Waals surface area contributed by atoms with Crippen molar-refractivity contribution in [1.82, 2.24) is 0 Å². The maximum Gasteiger partial charge on any atom is 0.114 e. The monoisotopic (exact) mass is 225 g/mol. The first-order chi connectivity index (χ1) is 7.81. The van der Waals surface area contributed by atoms with E-state index in [4.69, 9.17) is 5.26 Å². The minimum absolute atomic E-state index is 0.343. The molecule has 0 radical (unpaired) electrons. The van der Waals surface area contributed by atoms with Crippen LogP contribution in [-0.2, 0) is 0 Å². The number of rotatable bonds is 2. The summed E-state index contributed by atoms with van der Waals surface area (Å²) >= 11 is 4.18. The molecular formula is C14H11NS. The maximum absolute atomic E-state index is 8.75. The van der Waals surface area contributed by atoms with Gasteiger partial charge in [0.05, 0.1) is 6.07 Å². The van der Waals surface area contributed by atoms with E-state index in [1.54, 1.807) is 0 Å². The van der Waals surface area contributed by atoms with Crippen molar-refractivity contribution in [2.75, 3.05) is 0 Å². The van der Waals surface area contributed by atoms with Crippen molar-refractivity contribution < 1.29 is 0 Å². The lowest BCUT2D eigenvalue weighted by atomic mass is 10.0. The zero-order valence-corrected chi connectivity index (χ0v) is 9.56. The van der Waals surface area contributed by atoms with Gasteiger partial charge in [-0.3, -0.25) is 0 Å². The lowest BCUT2D eigenvalue weighted by molar-refractivity contribution is 1.24. The fourth-order valence-corrected chi connectivity index (χ4v) is 1.74. The Morgan fingerprint density at radius 3 is 2.00 bits per heavy atom. The third kappa shape index (κ3) is 2.26. The zero-order valence-electron chi connectivity index (χ0n) is 8.67. The molecule has 1 atom stereocenters. The molecule has 0 aliphatic carbocycles. The third-order valence-corrected chi connectivity index (χ3v) is 2.87. The summed E-state index contributed by atoms with van der Waals surface area (Å²) in [5.74, 6) is 0. The van der Waals surface area contributed by atoms with Crippen LogP contribution in [0.3, 0.4) is 0 Å². The molecule has 0 amide bonds. The molecule has 0 saturated heterocycles. The highest BCUT2D eigenvalue weighted by Gasteiger charge is 2.04. The van der Waals surface area contributed by atoms with Crippen LogP contribution in [0.5, 0.6) is 0 Å². The van der Waals surface area contributed by atoms with Crippen molar-refractivity contribution in [3.63, 3.8) is 0 Å². The number of hydrogen-bond acceptors (Lipinski definition) is 2. The molecule has 0 fully saturated rings. The molecule has 0 aliphatic heterocycles. The van der Waals surface area contributed by atoms with Gasteiger partial charge in [-0.2, -0.15) is 17.9 Å². The molecule has 0 spiro atoms. The largest absolute Gasteiger partial charge is 0.197 e. The van der Waals surface area contributed by atoms with E-state index in [9.17, 15) is 0 Å². The minimum Gasteiger partial charge on any atom is -0.197 e. The summed E-state index contributed by atoms with van der Waals surface area (Å²) < 4.78 is 0. The van der Waals surface area contributed by atoms with Crippen molar-refractivity contribution in [2.24, 2.45) is 0 Å². The molecule has 2 rings (SSSR count). The number of nitrogens with zero attached hydrogens (tertiary/aromatic N) is 1. The van der Waals surface area contributed by atoms with E-state index in [0.717, 1.165) is 11.1 Å². The average molecular weight is 225 g/mol. The second kappa shape index (κ2) is 4.87. The van der Waals surface area contributed by atoms with Gasteiger partial charge >= 0.3 is 0 Å². The zero-order chi connectivity index (χ0) is 11.4. The summed E-state index contributed by atoms with van der Waals surface area (Å²) in [5.41, 5.74) is 3.27. The van der Waals surface area contributed by atoms with E-state index >= 15 is 0 Å². The molecule has 1 unspecified atom stereocenters. The Morgan fingerprint density at radius 1 is 0.875 bits per heavy atom. The molecule has 2 aromatic carbocycles. The third-order valence-electron chi connectivity index (χ3n) is 2.46. The molecule has 0 heterocycles. The summed E-state index contributed by atoms with van der Waals surface area (Å²) in [6.07, 6.45) is 0. The summed E-state index contributed by atoms with van der Waals surface area (Å²) in [5, 5.41) is 8.41. The Morgan fingerprint density at radius 2 is 1.44 bits per heavy atom. The highest BCUT2D eigenvalue weighted by Crippen LogP contribution is 2.23. The van der Waals surface area contributed by atoms with Gasteiger partial charge in [0.25, 0.3) is 0 Å². The fourth-order valence-electron chi connectivity index (χ4n) is 1.56. The van der Waals surface area contributed by atoms with Gasteiger partial charge in [-0.1, -0.05) is 54.6 Å². The van der Waals surface area contributed by atoms with Gasteiger partial charge in [-0.05, 0) is 16.7 Å². The van der Waals surface area contributed by atoms with E-state index in [0.29, 0.717) is 0 Å². The fraction of sp³-hybridized carbons (Fsp3) is 0.0714. The second-order valence-electron chi connectivity index (χ2n) is 3.52. The predicted octanol–water partition coefficient (Wildman–Crippen LogP) is 3.85.